The molecular formula is C14H19BrN2O. The lowest BCUT2D eigenvalue weighted by atomic mass is 9.97. The van der Waals surface area contributed by atoms with Crippen molar-refractivity contribution in [1.29, 1.82) is 0 Å². The predicted molar refractivity (Wildman–Crippen MR) is 75.4 cm³/mol. The molecule has 1 aromatic rings. The Morgan fingerprint density at radius 1 is 1.28 bits per heavy atom. The number of halogens is 1. The topological polar surface area (TPSA) is 49.5 Å². The molecule has 2 atom stereocenters. The second-order valence-electron chi connectivity index (χ2n) is 5.56. The zero-order valence-corrected chi connectivity index (χ0v) is 11.9. The van der Waals surface area contributed by atoms with Crippen molar-refractivity contribution in [2.45, 2.75) is 50.4 Å². The van der Waals surface area contributed by atoms with Gasteiger partial charge in [-0.2, -0.15) is 0 Å². The third kappa shape index (κ3) is 2.29. The molecule has 2 bridgehead atoms. The van der Waals surface area contributed by atoms with Gasteiger partial charge in [0.2, 0.25) is 0 Å². The molecule has 2 unspecified atom stereocenters. The number of rotatable bonds is 2. The highest BCUT2D eigenvalue weighted by atomic mass is 79.9. The smallest absolute Gasteiger partial charge is 0.120 e. The molecule has 3 nitrogen and oxygen atoms in total. The Morgan fingerprint density at radius 3 is 2.61 bits per heavy atom. The Bertz CT molecular complexity index is 437. The Balaban J connectivity index is 1.79. The normalized spacial score (nSPS) is 31.8. The molecule has 98 valence electrons. The van der Waals surface area contributed by atoms with Crippen LogP contribution < -0.4 is 5.73 Å². The van der Waals surface area contributed by atoms with Crippen LogP contribution in [0, 0.1) is 0 Å². The first-order valence-corrected chi connectivity index (χ1v) is 7.41. The summed E-state index contributed by atoms with van der Waals surface area (Å²) in [6.07, 6.45) is 4.72. The van der Waals surface area contributed by atoms with Crippen molar-refractivity contribution in [2.75, 3.05) is 0 Å². The Kier molecular flexibility index (Phi) is 3.34. The largest absolute Gasteiger partial charge is 0.508 e. The van der Waals surface area contributed by atoms with E-state index in [0.29, 0.717) is 23.9 Å². The first-order valence-electron chi connectivity index (χ1n) is 6.62. The number of benzene rings is 1. The van der Waals surface area contributed by atoms with Gasteiger partial charge in [0.15, 0.2) is 0 Å². The third-order valence-corrected chi connectivity index (χ3v) is 4.81. The van der Waals surface area contributed by atoms with Crippen LogP contribution in [0.4, 0.5) is 0 Å². The number of aromatic hydroxyl groups is 1. The number of phenols is 1. The lowest BCUT2D eigenvalue weighted by Crippen LogP contribution is -2.46. The van der Waals surface area contributed by atoms with E-state index in [2.05, 4.69) is 20.8 Å². The maximum atomic E-state index is 9.94. The van der Waals surface area contributed by atoms with Crippen LogP contribution in [0.5, 0.6) is 5.75 Å². The van der Waals surface area contributed by atoms with E-state index in [1.165, 1.54) is 12.8 Å². The monoisotopic (exact) mass is 310 g/mol. The third-order valence-electron chi connectivity index (χ3n) is 4.32. The summed E-state index contributed by atoms with van der Waals surface area (Å²) in [4.78, 5) is 2.53. The second kappa shape index (κ2) is 4.83. The van der Waals surface area contributed by atoms with E-state index >= 15 is 0 Å². The summed E-state index contributed by atoms with van der Waals surface area (Å²) in [7, 11) is 0. The highest BCUT2D eigenvalue weighted by Gasteiger charge is 2.39. The number of nitrogens with two attached hydrogens (primary N) is 1. The standard InChI is InChI=1S/C14H19BrN2O/c15-10-1-4-14(18)9(5-10)8-17-12-2-3-13(17)7-11(16)6-12/h1,4-5,11-13,18H,2-3,6-8,16H2. The number of hydrogen-bond acceptors (Lipinski definition) is 3. The van der Waals surface area contributed by atoms with Crippen LogP contribution in [0.25, 0.3) is 0 Å². The van der Waals surface area contributed by atoms with Crippen LogP contribution in [0.2, 0.25) is 0 Å². The van der Waals surface area contributed by atoms with Gasteiger partial charge in [0.05, 0.1) is 0 Å². The van der Waals surface area contributed by atoms with Gasteiger partial charge in [0, 0.05) is 34.7 Å². The summed E-state index contributed by atoms with van der Waals surface area (Å²) >= 11 is 3.47. The first kappa shape index (κ1) is 12.5. The molecule has 2 aliphatic rings. The molecule has 1 aromatic carbocycles. The van der Waals surface area contributed by atoms with Crippen LogP contribution in [0.1, 0.15) is 31.2 Å². The summed E-state index contributed by atoms with van der Waals surface area (Å²) in [6, 6.07) is 7.24. The number of phenolic OH excluding ortho intramolecular Hbond substituents is 1. The van der Waals surface area contributed by atoms with Crippen molar-refractivity contribution < 1.29 is 5.11 Å². The molecule has 18 heavy (non-hydrogen) atoms. The molecule has 0 aliphatic carbocycles. The Morgan fingerprint density at radius 2 is 1.94 bits per heavy atom. The fourth-order valence-corrected chi connectivity index (χ4v) is 3.86. The van der Waals surface area contributed by atoms with Crippen molar-refractivity contribution in [3.63, 3.8) is 0 Å². The average Bonchev–Trinajstić information content (AvgIpc) is 2.57. The van der Waals surface area contributed by atoms with Gasteiger partial charge in [-0.1, -0.05) is 15.9 Å². The zero-order chi connectivity index (χ0) is 12.7. The molecule has 0 radical (unpaired) electrons. The SMILES string of the molecule is NC1CC2CCC(C1)N2Cc1cc(Br)ccc1O. The zero-order valence-electron chi connectivity index (χ0n) is 10.3. The van der Waals surface area contributed by atoms with E-state index in [-0.39, 0.29) is 0 Å². The maximum absolute atomic E-state index is 9.94. The van der Waals surface area contributed by atoms with E-state index in [1.807, 2.05) is 12.1 Å². The first-order chi connectivity index (χ1) is 8.63. The van der Waals surface area contributed by atoms with E-state index in [0.717, 1.165) is 29.4 Å². The summed E-state index contributed by atoms with van der Waals surface area (Å²) in [5, 5.41) is 9.94. The number of hydrogen-bond donors (Lipinski definition) is 2. The van der Waals surface area contributed by atoms with Gasteiger partial charge in [0.1, 0.15) is 5.75 Å². The fourth-order valence-electron chi connectivity index (χ4n) is 3.45. The maximum Gasteiger partial charge on any atom is 0.120 e. The van der Waals surface area contributed by atoms with Crippen LogP contribution >= 0.6 is 15.9 Å². The minimum absolute atomic E-state index is 0.370. The number of nitrogens with zero attached hydrogens (tertiary/aromatic N) is 1. The molecule has 0 aromatic heterocycles. The van der Waals surface area contributed by atoms with Gasteiger partial charge in [-0.05, 0) is 43.9 Å². The molecule has 0 saturated carbocycles. The van der Waals surface area contributed by atoms with Crippen molar-refractivity contribution in [2.24, 2.45) is 5.73 Å². The molecule has 4 heteroatoms. The molecule has 2 saturated heterocycles. The van der Waals surface area contributed by atoms with E-state index in [9.17, 15) is 5.11 Å². The van der Waals surface area contributed by atoms with E-state index < -0.39 is 0 Å². The van der Waals surface area contributed by atoms with E-state index in [1.54, 1.807) is 6.07 Å². The Hall–Kier alpha value is -0.580. The van der Waals surface area contributed by atoms with Crippen molar-refractivity contribution >= 4 is 15.9 Å². The van der Waals surface area contributed by atoms with E-state index in [4.69, 9.17) is 5.73 Å². The van der Waals surface area contributed by atoms with Crippen LogP contribution in [-0.4, -0.2) is 28.1 Å². The fraction of sp³-hybridized carbons (Fsp3) is 0.571. The van der Waals surface area contributed by atoms with Crippen LogP contribution in [0.3, 0.4) is 0 Å². The minimum Gasteiger partial charge on any atom is -0.508 e. The van der Waals surface area contributed by atoms with Crippen molar-refractivity contribution in [3.8, 4) is 5.75 Å². The lowest BCUT2D eigenvalue weighted by molar-refractivity contribution is 0.119. The summed E-state index contributed by atoms with van der Waals surface area (Å²) in [6.45, 7) is 0.841. The molecule has 3 N–H and O–H groups in total. The van der Waals surface area contributed by atoms with Crippen LogP contribution in [-0.2, 0) is 6.54 Å². The molecule has 0 amide bonds. The van der Waals surface area contributed by atoms with Gasteiger partial charge < -0.3 is 10.8 Å². The molecule has 2 heterocycles. The molecule has 3 rings (SSSR count). The lowest BCUT2D eigenvalue weighted by Gasteiger charge is -2.37. The average molecular weight is 311 g/mol. The highest BCUT2D eigenvalue weighted by molar-refractivity contribution is 9.10. The van der Waals surface area contributed by atoms with Crippen LogP contribution in [0.15, 0.2) is 22.7 Å². The molecule has 0 spiro atoms. The highest BCUT2D eigenvalue weighted by Crippen LogP contribution is 2.37. The molecular weight excluding hydrogens is 292 g/mol. The van der Waals surface area contributed by atoms with Crippen molar-refractivity contribution in [3.05, 3.63) is 28.2 Å². The summed E-state index contributed by atoms with van der Waals surface area (Å²) in [5.41, 5.74) is 7.09. The van der Waals surface area contributed by atoms with Gasteiger partial charge in [-0.3, -0.25) is 4.90 Å². The van der Waals surface area contributed by atoms with Gasteiger partial charge >= 0.3 is 0 Å². The number of fused-ring (bicyclic) bond motifs is 2. The quantitative estimate of drug-likeness (QED) is 0.883. The second-order valence-corrected chi connectivity index (χ2v) is 6.48. The predicted octanol–water partition coefficient (Wildman–Crippen LogP) is 2.61. The summed E-state index contributed by atoms with van der Waals surface area (Å²) < 4.78 is 1.02. The summed E-state index contributed by atoms with van der Waals surface area (Å²) in [5.74, 6) is 0.396. The van der Waals surface area contributed by atoms with Gasteiger partial charge in [0.25, 0.3) is 0 Å². The number of piperidine rings is 1. The van der Waals surface area contributed by atoms with Crippen molar-refractivity contribution in [1.82, 2.24) is 4.90 Å². The minimum atomic E-state index is 0.370. The van der Waals surface area contributed by atoms with Gasteiger partial charge in [-0.15, -0.1) is 0 Å². The Labute approximate surface area is 116 Å². The molecule has 2 aliphatic heterocycles. The molecule has 2 fully saturated rings. The van der Waals surface area contributed by atoms with Gasteiger partial charge in [-0.25, -0.2) is 0 Å².